The Morgan fingerprint density at radius 3 is 2.71 bits per heavy atom. The summed E-state index contributed by atoms with van der Waals surface area (Å²) in [4.78, 5) is 5.12. The first-order valence-corrected chi connectivity index (χ1v) is 5.95. The summed E-state index contributed by atoms with van der Waals surface area (Å²) >= 11 is 0. The van der Waals surface area contributed by atoms with E-state index in [9.17, 15) is 0 Å². The number of likely N-dealkylation sites (N-methyl/N-ethyl adjacent to an activating group) is 1. The second kappa shape index (κ2) is 4.60. The Bertz CT molecular complexity index is 177. The van der Waals surface area contributed by atoms with Crippen molar-refractivity contribution in [3.05, 3.63) is 0 Å². The van der Waals surface area contributed by atoms with Gasteiger partial charge >= 0.3 is 0 Å². The Morgan fingerprint density at radius 2 is 2.07 bits per heavy atom. The summed E-state index contributed by atoms with van der Waals surface area (Å²) in [6, 6.07) is 1.70. The molecule has 2 fully saturated rings. The monoisotopic (exact) mass is 197 g/mol. The predicted octanol–water partition coefficient (Wildman–Crippen LogP) is 0.504. The maximum Gasteiger partial charge on any atom is 0.0223 e. The zero-order valence-corrected chi connectivity index (χ0v) is 9.28. The van der Waals surface area contributed by atoms with Crippen LogP contribution in [-0.2, 0) is 0 Å². The molecule has 0 radical (unpaired) electrons. The molecule has 82 valence electrons. The molecule has 0 aromatic heterocycles. The fraction of sp³-hybridized carbons (Fsp3) is 1.00. The molecule has 0 bridgehead atoms. The van der Waals surface area contributed by atoms with Crippen LogP contribution in [0.4, 0.5) is 0 Å². The number of piperidine rings is 1. The summed E-state index contributed by atoms with van der Waals surface area (Å²) in [5.41, 5.74) is 5.60. The zero-order valence-electron chi connectivity index (χ0n) is 9.28. The molecule has 3 heteroatoms. The first-order chi connectivity index (χ1) is 6.81. The van der Waals surface area contributed by atoms with Crippen LogP contribution in [0.2, 0.25) is 0 Å². The summed E-state index contributed by atoms with van der Waals surface area (Å²) in [5, 5.41) is 0. The number of hydrogen-bond donors (Lipinski definition) is 1. The van der Waals surface area contributed by atoms with Crippen molar-refractivity contribution in [1.82, 2.24) is 9.80 Å². The van der Waals surface area contributed by atoms with Crippen molar-refractivity contribution < 1.29 is 0 Å². The molecular formula is C11H23N3. The molecule has 0 spiro atoms. The van der Waals surface area contributed by atoms with Gasteiger partial charge < -0.3 is 10.6 Å². The zero-order chi connectivity index (χ0) is 9.97. The van der Waals surface area contributed by atoms with Gasteiger partial charge in [-0.2, -0.15) is 0 Å². The SMILES string of the molecule is CN(C1CC1)[C@@H]1CCCN(CCN)C1. The van der Waals surface area contributed by atoms with Gasteiger partial charge in [0.25, 0.3) is 0 Å². The third kappa shape index (κ3) is 2.47. The van der Waals surface area contributed by atoms with Gasteiger partial charge in [0.1, 0.15) is 0 Å². The topological polar surface area (TPSA) is 32.5 Å². The van der Waals surface area contributed by atoms with Crippen LogP contribution in [0.25, 0.3) is 0 Å². The number of rotatable bonds is 4. The minimum atomic E-state index is 0.794. The van der Waals surface area contributed by atoms with Gasteiger partial charge in [-0.25, -0.2) is 0 Å². The molecule has 1 saturated heterocycles. The lowest BCUT2D eigenvalue weighted by Crippen LogP contribution is -2.48. The van der Waals surface area contributed by atoms with Crippen LogP contribution in [-0.4, -0.2) is 55.1 Å². The highest BCUT2D eigenvalue weighted by Gasteiger charge is 2.32. The van der Waals surface area contributed by atoms with Crippen LogP contribution in [0.3, 0.4) is 0 Å². The van der Waals surface area contributed by atoms with Crippen molar-refractivity contribution >= 4 is 0 Å². The van der Waals surface area contributed by atoms with Crippen LogP contribution >= 0.6 is 0 Å². The number of likely N-dealkylation sites (tertiary alicyclic amines) is 1. The molecule has 1 atom stereocenters. The molecule has 14 heavy (non-hydrogen) atoms. The van der Waals surface area contributed by atoms with Crippen molar-refractivity contribution in [2.45, 2.75) is 37.8 Å². The average molecular weight is 197 g/mol. The Morgan fingerprint density at radius 1 is 1.29 bits per heavy atom. The van der Waals surface area contributed by atoms with E-state index in [0.717, 1.165) is 25.2 Å². The molecule has 2 aliphatic rings. The van der Waals surface area contributed by atoms with Crippen LogP contribution < -0.4 is 5.73 Å². The molecule has 0 amide bonds. The second-order valence-corrected chi connectivity index (χ2v) is 4.78. The van der Waals surface area contributed by atoms with Crippen molar-refractivity contribution in [3.63, 3.8) is 0 Å². The van der Waals surface area contributed by atoms with Gasteiger partial charge in [0.05, 0.1) is 0 Å². The highest BCUT2D eigenvalue weighted by atomic mass is 15.2. The highest BCUT2D eigenvalue weighted by Crippen LogP contribution is 2.29. The van der Waals surface area contributed by atoms with Crippen LogP contribution in [0.5, 0.6) is 0 Å². The lowest BCUT2D eigenvalue weighted by Gasteiger charge is -2.37. The van der Waals surface area contributed by atoms with Gasteiger partial charge in [-0.1, -0.05) is 0 Å². The lowest BCUT2D eigenvalue weighted by molar-refractivity contribution is 0.113. The first-order valence-electron chi connectivity index (χ1n) is 5.95. The largest absolute Gasteiger partial charge is 0.329 e. The fourth-order valence-electron chi connectivity index (χ4n) is 2.53. The van der Waals surface area contributed by atoms with Gasteiger partial charge in [0.15, 0.2) is 0 Å². The van der Waals surface area contributed by atoms with E-state index in [-0.39, 0.29) is 0 Å². The maximum absolute atomic E-state index is 5.60. The van der Waals surface area contributed by atoms with Gasteiger partial charge in [0, 0.05) is 31.7 Å². The highest BCUT2D eigenvalue weighted by molar-refractivity contribution is 4.89. The minimum absolute atomic E-state index is 0.794. The third-order valence-corrected chi connectivity index (χ3v) is 3.62. The van der Waals surface area contributed by atoms with Crippen LogP contribution in [0, 0.1) is 0 Å². The van der Waals surface area contributed by atoms with E-state index < -0.39 is 0 Å². The predicted molar refractivity (Wildman–Crippen MR) is 59.3 cm³/mol. The summed E-state index contributed by atoms with van der Waals surface area (Å²) in [7, 11) is 2.30. The fourth-order valence-corrected chi connectivity index (χ4v) is 2.53. The lowest BCUT2D eigenvalue weighted by atomic mass is 10.0. The quantitative estimate of drug-likeness (QED) is 0.712. The molecule has 1 heterocycles. The Hall–Kier alpha value is -0.120. The summed E-state index contributed by atoms with van der Waals surface area (Å²) < 4.78 is 0. The van der Waals surface area contributed by atoms with Crippen molar-refractivity contribution in [1.29, 1.82) is 0 Å². The Balaban J connectivity index is 1.80. The molecule has 0 unspecified atom stereocenters. The molecular weight excluding hydrogens is 174 g/mol. The molecule has 3 nitrogen and oxygen atoms in total. The van der Waals surface area contributed by atoms with E-state index in [4.69, 9.17) is 5.73 Å². The van der Waals surface area contributed by atoms with Crippen LogP contribution in [0.1, 0.15) is 25.7 Å². The maximum atomic E-state index is 5.60. The third-order valence-electron chi connectivity index (χ3n) is 3.62. The Labute approximate surface area is 87.2 Å². The smallest absolute Gasteiger partial charge is 0.0223 e. The van der Waals surface area contributed by atoms with Gasteiger partial charge in [-0.05, 0) is 39.3 Å². The summed E-state index contributed by atoms with van der Waals surface area (Å²) in [5.74, 6) is 0. The molecule has 0 aromatic carbocycles. The number of hydrogen-bond acceptors (Lipinski definition) is 3. The molecule has 1 aliphatic heterocycles. The van der Waals surface area contributed by atoms with Gasteiger partial charge in [-0.15, -0.1) is 0 Å². The molecule has 0 aromatic rings. The van der Waals surface area contributed by atoms with E-state index in [1.54, 1.807) is 0 Å². The molecule has 1 saturated carbocycles. The van der Waals surface area contributed by atoms with E-state index in [0.29, 0.717) is 0 Å². The number of nitrogens with two attached hydrogens (primary N) is 1. The first kappa shape index (κ1) is 10.4. The average Bonchev–Trinajstić information content (AvgIpc) is 3.01. The van der Waals surface area contributed by atoms with Crippen molar-refractivity contribution in [2.75, 3.05) is 33.2 Å². The van der Waals surface area contributed by atoms with E-state index in [1.165, 1.54) is 38.8 Å². The van der Waals surface area contributed by atoms with Gasteiger partial charge in [0.2, 0.25) is 0 Å². The Kier molecular flexibility index (Phi) is 3.42. The molecule has 2 N–H and O–H groups in total. The van der Waals surface area contributed by atoms with E-state index >= 15 is 0 Å². The minimum Gasteiger partial charge on any atom is -0.329 e. The van der Waals surface area contributed by atoms with Gasteiger partial charge in [-0.3, -0.25) is 4.90 Å². The normalized spacial score (nSPS) is 29.8. The van der Waals surface area contributed by atoms with Crippen molar-refractivity contribution in [3.8, 4) is 0 Å². The second-order valence-electron chi connectivity index (χ2n) is 4.78. The summed E-state index contributed by atoms with van der Waals surface area (Å²) in [6.45, 7) is 4.38. The van der Waals surface area contributed by atoms with Crippen LogP contribution in [0.15, 0.2) is 0 Å². The van der Waals surface area contributed by atoms with E-state index in [1.807, 2.05) is 0 Å². The number of nitrogens with zero attached hydrogens (tertiary/aromatic N) is 2. The summed E-state index contributed by atoms with van der Waals surface area (Å²) in [6.07, 6.45) is 5.57. The molecule has 2 rings (SSSR count). The molecule has 1 aliphatic carbocycles. The van der Waals surface area contributed by atoms with E-state index in [2.05, 4.69) is 16.8 Å². The standard InChI is InChI=1S/C11H23N3/c1-13(10-4-5-10)11-3-2-7-14(9-11)8-6-12/h10-11H,2-9,12H2,1H3/t11-/m1/s1. The van der Waals surface area contributed by atoms with Crippen molar-refractivity contribution in [2.24, 2.45) is 5.73 Å².